The summed E-state index contributed by atoms with van der Waals surface area (Å²) in [5.74, 6) is 0. The maximum atomic E-state index is 4.86. The van der Waals surface area contributed by atoms with E-state index in [9.17, 15) is 0 Å². The van der Waals surface area contributed by atoms with Crippen molar-refractivity contribution in [2.24, 2.45) is 0 Å². The fourth-order valence-electron chi connectivity index (χ4n) is 8.33. The molecule has 0 bridgehead atoms. The van der Waals surface area contributed by atoms with Crippen LogP contribution in [0.15, 0.2) is 182 Å². The van der Waals surface area contributed by atoms with Crippen LogP contribution in [0.1, 0.15) is 0 Å². The minimum atomic E-state index is 1.01. The Morgan fingerprint density at radius 2 is 0.922 bits per heavy atom. The Morgan fingerprint density at radius 3 is 1.73 bits per heavy atom. The molecular weight excluding hydrogens is 621 g/mol. The molecule has 238 valence electrons. The van der Waals surface area contributed by atoms with Crippen molar-refractivity contribution in [3.8, 4) is 28.2 Å². The van der Waals surface area contributed by atoms with E-state index in [0.717, 1.165) is 50.1 Å². The summed E-state index contributed by atoms with van der Waals surface area (Å²) in [5, 5.41) is 6.16. The minimum Gasteiger partial charge on any atom is -0.309 e. The van der Waals surface area contributed by atoms with Gasteiger partial charge in [0, 0.05) is 50.2 Å². The maximum Gasteiger partial charge on any atom is 0.0963 e. The zero-order chi connectivity index (χ0) is 33.5. The van der Waals surface area contributed by atoms with Crippen LogP contribution < -0.4 is 0 Å². The Labute approximate surface area is 293 Å². The van der Waals surface area contributed by atoms with Crippen molar-refractivity contribution in [2.75, 3.05) is 0 Å². The summed E-state index contributed by atoms with van der Waals surface area (Å²) in [7, 11) is 0. The minimum absolute atomic E-state index is 1.01. The molecule has 0 atom stereocenters. The predicted molar refractivity (Wildman–Crippen MR) is 213 cm³/mol. The molecule has 4 nitrogen and oxygen atoms in total. The monoisotopic (exact) mass is 650 g/mol. The van der Waals surface area contributed by atoms with Crippen LogP contribution in [0.25, 0.3) is 93.7 Å². The number of fused-ring (bicyclic) bond motifs is 10. The van der Waals surface area contributed by atoms with E-state index in [1.807, 2.05) is 12.3 Å². The SMILES string of the molecule is c1ccc(-n2c3ccc(-c4cccc(-n5c6ccccc6c6c5ccc5c7ccccc7n(-c7ccccc7)c56)c4)cc3c3ncccc32)cc1. The maximum absolute atomic E-state index is 4.86. The van der Waals surface area contributed by atoms with Crippen LogP contribution in [0.2, 0.25) is 0 Å². The molecule has 11 aromatic rings. The van der Waals surface area contributed by atoms with Gasteiger partial charge in [-0.2, -0.15) is 0 Å². The summed E-state index contributed by atoms with van der Waals surface area (Å²) >= 11 is 0. The normalized spacial score (nSPS) is 11.9. The highest BCUT2D eigenvalue weighted by Crippen LogP contribution is 2.42. The Hall–Kier alpha value is -6.91. The second-order valence-corrected chi connectivity index (χ2v) is 13.2. The number of nitrogens with zero attached hydrogens (tertiary/aromatic N) is 4. The van der Waals surface area contributed by atoms with Gasteiger partial charge in [-0.3, -0.25) is 4.98 Å². The first kappa shape index (κ1) is 28.0. The molecule has 0 amide bonds. The van der Waals surface area contributed by atoms with Crippen molar-refractivity contribution in [3.05, 3.63) is 182 Å². The lowest BCUT2D eigenvalue weighted by atomic mass is 10.0. The van der Waals surface area contributed by atoms with E-state index in [-0.39, 0.29) is 0 Å². The van der Waals surface area contributed by atoms with E-state index < -0.39 is 0 Å². The van der Waals surface area contributed by atoms with E-state index in [2.05, 4.69) is 184 Å². The standard InChI is InChI=1S/C47H30N4/c1-3-14-33(15-4-1)49-42-26-24-32(30-39(42)46-44(49)23-12-28-48-46)31-13-11-18-35(29-31)50-41-22-10-8-20-38(41)45-43(50)27-25-37-36-19-7-9-21-40(36)51(47(37)45)34-16-5-2-6-17-34/h1-30H. The van der Waals surface area contributed by atoms with Gasteiger partial charge in [-0.25, -0.2) is 0 Å². The largest absolute Gasteiger partial charge is 0.309 e. The fraction of sp³-hybridized carbons (Fsp3) is 0. The number of pyridine rings is 1. The molecule has 11 rings (SSSR count). The molecule has 0 N–H and O–H groups in total. The van der Waals surface area contributed by atoms with Crippen LogP contribution in [0.4, 0.5) is 0 Å². The molecule has 0 aliphatic carbocycles. The van der Waals surface area contributed by atoms with Gasteiger partial charge >= 0.3 is 0 Å². The van der Waals surface area contributed by atoms with Crippen LogP contribution >= 0.6 is 0 Å². The lowest BCUT2D eigenvalue weighted by Gasteiger charge is -2.12. The van der Waals surface area contributed by atoms with Crippen LogP contribution in [0, 0.1) is 0 Å². The number of hydrogen-bond donors (Lipinski definition) is 0. The van der Waals surface area contributed by atoms with Gasteiger partial charge in [-0.1, -0.05) is 97.1 Å². The van der Waals surface area contributed by atoms with Gasteiger partial charge in [0.15, 0.2) is 0 Å². The number of benzene rings is 7. The smallest absolute Gasteiger partial charge is 0.0963 e. The summed E-state index contributed by atoms with van der Waals surface area (Å²) in [6.07, 6.45) is 1.89. The molecule has 0 unspecified atom stereocenters. The van der Waals surface area contributed by atoms with Gasteiger partial charge in [0.1, 0.15) is 0 Å². The average Bonchev–Trinajstić information content (AvgIpc) is 3.84. The average molecular weight is 651 g/mol. The Bertz CT molecular complexity index is 3130. The van der Waals surface area contributed by atoms with E-state index in [1.165, 1.54) is 43.6 Å². The second-order valence-electron chi connectivity index (χ2n) is 13.2. The lowest BCUT2D eigenvalue weighted by Crippen LogP contribution is -1.95. The van der Waals surface area contributed by atoms with Crippen LogP contribution in [0.3, 0.4) is 0 Å². The number of aromatic nitrogens is 4. The number of hydrogen-bond acceptors (Lipinski definition) is 1. The summed E-state index contributed by atoms with van der Waals surface area (Å²) in [4.78, 5) is 4.86. The van der Waals surface area contributed by atoms with Gasteiger partial charge in [0.05, 0.1) is 38.6 Å². The molecule has 0 saturated carbocycles. The van der Waals surface area contributed by atoms with E-state index >= 15 is 0 Å². The predicted octanol–water partition coefficient (Wildman–Crippen LogP) is 12.0. The van der Waals surface area contributed by atoms with Crippen LogP contribution in [-0.4, -0.2) is 18.7 Å². The highest BCUT2D eigenvalue weighted by molar-refractivity contribution is 6.26. The van der Waals surface area contributed by atoms with Crippen molar-refractivity contribution < 1.29 is 0 Å². The van der Waals surface area contributed by atoms with Crippen LogP contribution in [0.5, 0.6) is 0 Å². The first-order valence-electron chi connectivity index (χ1n) is 17.4. The molecule has 0 fully saturated rings. The number of rotatable bonds is 4. The van der Waals surface area contributed by atoms with Crippen molar-refractivity contribution >= 4 is 65.5 Å². The van der Waals surface area contributed by atoms with Crippen molar-refractivity contribution in [1.82, 2.24) is 18.7 Å². The van der Waals surface area contributed by atoms with Crippen molar-refractivity contribution in [3.63, 3.8) is 0 Å². The van der Waals surface area contributed by atoms with E-state index in [4.69, 9.17) is 4.98 Å². The highest BCUT2D eigenvalue weighted by Gasteiger charge is 2.21. The first-order chi connectivity index (χ1) is 25.3. The Kier molecular flexibility index (Phi) is 5.92. The fourth-order valence-corrected chi connectivity index (χ4v) is 8.33. The van der Waals surface area contributed by atoms with Gasteiger partial charge in [-0.15, -0.1) is 0 Å². The third kappa shape index (κ3) is 4.05. The third-order valence-electron chi connectivity index (χ3n) is 10.5. The van der Waals surface area contributed by atoms with Gasteiger partial charge < -0.3 is 13.7 Å². The molecule has 0 aliphatic heterocycles. The molecule has 4 heterocycles. The molecule has 4 aromatic heterocycles. The number of para-hydroxylation sites is 4. The second kappa shape index (κ2) is 10.8. The summed E-state index contributed by atoms with van der Waals surface area (Å²) in [6.45, 7) is 0. The summed E-state index contributed by atoms with van der Waals surface area (Å²) in [6, 6.07) is 63.4. The van der Waals surface area contributed by atoms with E-state index in [0.29, 0.717) is 0 Å². The van der Waals surface area contributed by atoms with Crippen molar-refractivity contribution in [2.45, 2.75) is 0 Å². The van der Waals surface area contributed by atoms with Crippen molar-refractivity contribution in [1.29, 1.82) is 0 Å². The van der Waals surface area contributed by atoms with Gasteiger partial charge in [0.25, 0.3) is 0 Å². The molecule has 4 heteroatoms. The molecule has 0 spiro atoms. The highest BCUT2D eigenvalue weighted by atomic mass is 15.0. The molecule has 51 heavy (non-hydrogen) atoms. The van der Waals surface area contributed by atoms with Crippen LogP contribution in [-0.2, 0) is 0 Å². The third-order valence-corrected chi connectivity index (χ3v) is 10.5. The topological polar surface area (TPSA) is 27.7 Å². The molecule has 7 aromatic carbocycles. The zero-order valence-corrected chi connectivity index (χ0v) is 27.6. The lowest BCUT2D eigenvalue weighted by molar-refractivity contribution is 1.17. The molecule has 0 aliphatic rings. The summed E-state index contributed by atoms with van der Waals surface area (Å²) in [5.41, 5.74) is 13.8. The Morgan fingerprint density at radius 1 is 0.333 bits per heavy atom. The summed E-state index contributed by atoms with van der Waals surface area (Å²) < 4.78 is 7.18. The zero-order valence-electron chi connectivity index (χ0n) is 27.6. The quantitative estimate of drug-likeness (QED) is 0.186. The molecule has 0 radical (unpaired) electrons. The Balaban J connectivity index is 1.15. The van der Waals surface area contributed by atoms with Gasteiger partial charge in [0.2, 0.25) is 0 Å². The molecule has 0 saturated heterocycles. The van der Waals surface area contributed by atoms with E-state index in [1.54, 1.807) is 0 Å². The first-order valence-corrected chi connectivity index (χ1v) is 17.4. The van der Waals surface area contributed by atoms with Gasteiger partial charge in [-0.05, 0) is 90.0 Å². The molecular formula is C47H30N4.